The van der Waals surface area contributed by atoms with Gasteiger partial charge in [-0.2, -0.15) is 4.68 Å². The van der Waals surface area contributed by atoms with Crippen molar-refractivity contribution in [2.75, 3.05) is 14.2 Å². The van der Waals surface area contributed by atoms with E-state index >= 15 is 0 Å². The Hall–Kier alpha value is -5.25. The Balaban J connectivity index is 1.91. The number of ketones is 1. The van der Waals surface area contributed by atoms with Gasteiger partial charge in [-0.15, -0.1) is 0 Å². The van der Waals surface area contributed by atoms with Crippen molar-refractivity contribution >= 4 is 23.4 Å². The molecule has 10 nitrogen and oxygen atoms in total. The average molecular weight is 509 g/mol. The van der Waals surface area contributed by atoms with Crippen LogP contribution in [0, 0.1) is 0 Å². The van der Waals surface area contributed by atoms with Crippen LogP contribution in [0.3, 0.4) is 0 Å². The second kappa shape index (κ2) is 8.13. The van der Waals surface area contributed by atoms with Crippen molar-refractivity contribution < 1.29 is 23.9 Å². The molecule has 0 fully saturated rings. The van der Waals surface area contributed by atoms with Gasteiger partial charge in [-0.3, -0.25) is 4.79 Å². The van der Waals surface area contributed by atoms with Gasteiger partial charge in [0.1, 0.15) is 5.57 Å². The van der Waals surface area contributed by atoms with E-state index in [1.165, 1.54) is 0 Å². The van der Waals surface area contributed by atoms with Crippen molar-refractivity contribution in [1.29, 1.82) is 0 Å². The van der Waals surface area contributed by atoms with Gasteiger partial charge in [-0.05, 0) is 12.1 Å². The Morgan fingerprint density at radius 1 is 0.684 bits per heavy atom. The summed E-state index contributed by atoms with van der Waals surface area (Å²) in [5.41, 5.74) is -3.27. The maximum Gasteiger partial charge on any atom is 0.357 e. The van der Waals surface area contributed by atoms with Crippen LogP contribution in [0.15, 0.2) is 94.0 Å². The molecule has 2 heterocycles. The SMILES string of the molecule is COC(=O)C1=C(C(=O)OC)C2(c3ccccc3C(=O)c3ccccc32)n2c(=O)n(-c3ccccc3)c(=O)n21. The topological polar surface area (TPSA) is 119 Å². The fraction of sp³-hybridized carbons (Fsp3) is 0.107. The normalized spacial score (nSPS) is 14.6. The molecule has 0 radical (unpaired) electrons. The van der Waals surface area contributed by atoms with Crippen molar-refractivity contribution in [3.05, 3.63) is 128 Å². The zero-order valence-corrected chi connectivity index (χ0v) is 20.2. The fourth-order valence-electron chi connectivity index (χ4n) is 5.53. The molecular formula is C28H19N3O7. The van der Waals surface area contributed by atoms with E-state index in [0.717, 1.165) is 28.2 Å². The van der Waals surface area contributed by atoms with E-state index in [9.17, 15) is 24.0 Å². The largest absolute Gasteiger partial charge is 0.466 e. The van der Waals surface area contributed by atoms with E-state index in [1.807, 2.05) is 0 Å². The minimum atomic E-state index is -1.89. The number of para-hydroxylation sites is 1. The van der Waals surface area contributed by atoms with Crippen molar-refractivity contribution in [2.24, 2.45) is 0 Å². The molecule has 1 aliphatic carbocycles. The Morgan fingerprint density at radius 3 is 1.76 bits per heavy atom. The number of methoxy groups -OCH3 is 2. The molecule has 0 unspecified atom stereocenters. The van der Waals surface area contributed by atoms with Crippen molar-refractivity contribution in [3.8, 4) is 5.69 Å². The van der Waals surface area contributed by atoms with Gasteiger partial charge in [-0.25, -0.2) is 28.4 Å². The number of benzene rings is 3. The highest BCUT2D eigenvalue weighted by Gasteiger charge is 2.59. The van der Waals surface area contributed by atoms with E-state index < -0.39 is 34.6 Å². The summed E-state index contributed by atoms with van der Waals surface area (Å²) in [6.07, 6.45) is 0. The Bertz CT molecular complexity index is 1790. The minimum absolute atomic E-state index is 0.206. The standard InChI is InChI=1S/C28H19N3O7/c1-37-24(33)21-22(25(34)38-2)30-26(35)29(16-10-4-3-5-11-16)27(36)31(30)28(21)19-14-8-6-12-17(19)23(32)18-13-7-9-15-20(18)28/h3-15H,1-2H3. The second-order valence-electron chi connectivity index (χ2n) is 8.70. The molecule has 1 aliphatic heterocycles. The van der Waals surface area contributed by atoms with E-state index in [4.69, 9.17) is 9.47 Å². The second-order valence-corrected chi connectivity index (χ2v) is 8.70. The third-order valence-electron chi connectivity index (χ3n) is 6.98. The lowest BCUT2D eigenvalue weighted by Crippen LogP contribution is -2.49. The number of esters is 2. The molecule has 10 heteroatoms. The molecule has 0 saturated carbocycles. The Labute approximate surface area is 214 Å². The molecular weight excluding hydrogens is 490 g/mol. The number of carbonyl (C=O) groups excluding carboxylic acids is 3. The summed E-state index contributed by atoms with van der Waals surface area (Å²) in [5, 5.41) is 0. The quantitative estimate of drug-likeness (QED) is 0.386. The predicted molar refractivity (Wildman–Crippen MR) is 134 cm³/mol. The highest BCUT2D eigenvalue weighted by molar-refractivity contribution is 6.21. The molecule has 0 saturated heterocycles. The van der Waals surface area contributed by atoms with Crippen molar-refractivity contribution in [2.45, 2.75) is 5.54 Å². The molecule has 1 spiro atoms. The van der Waals surface area contributed by atoms with E-state index in [0.29, 0.717) is 0 Å². The Kier molecular flexibility index (Phi) is 4.96. The van der Waals surface area contributed by atoms with E-state index in [2.05, 4.69) is 0 Å². The number of aromatic nitrogens is 3. The summed E-state index contributed by atoms with van der Waals surface area (Å²) in [7, 11) is 2.23. The molecule has 0 amide bonds. The zero-order chi connectivity index (χ0) is 26.8. The highest BCUT2D eigenvalue weighted by Crippen LogP contribution is 2.51. The van der Waals surface area contributed by atoms with E-state index in [-0.39, 0.29) is 39.3 Å². The lowest BCUT2D eigenvalue weighted by atomic mass is 9.68. The lowest BCUT2D eigenvalue weighted by molar-refractivity contribution is -0.138. The van der Waals surface area contributed by atoms with Crippen LogP contribution in [0.5, 0.6) is 0 Å². The molecule has 2 aliphatic rings. The van der Waals surface area contributed by atoms with Gasteiger partial charge in [0.2, 0.25) is 0 Å². The highest BCUT2D eigenvalue weighted by atomic mass is 16.5. The van der Waals surface area contributed by atoms with Crippen LogP contribution < -0.4 is 11.4 Å². The number of fused-ring (bicyclic) bond motifs is 6. The number of nitrogens with zero attached hydrogens (tertiary/aromatic N) is 3. The summed E-state index contributed by atoms with van der Waals surface area (Å²) >= 11 is 0. The first-order chi connectivity index (χ1) is 18.4. The van der Waals surface area contributed by atoms with Crippen LogP contribution in [0.25, 0.3) is 11.4 Å². The lowest BCUT2D eigenvalue weighted by Gasteiger charge is -2.38. The van der Waals surface area contributed by atoms with Gasteiger partial charge < -0.3 is 9.47 Å². The summed E-state index contributed by atoms with van der Waals surface area (Å²) in [4.78, 5) is 68.6. The first-order valence-electron chi connectivity index (χ1n) is 11.6. The van der Waals surface area contributed by atoms with Crippen molar-refractivity contribution in [3.63, 3.8) is 0 Å². The first kappa shape index (κ1) is 23.2. The number of carbonyl (C=O) groups is 3. The number of rotatable bonds is 3. The van der Waals surface area contributed by atoms with Gasteiger partial charge in [0.25, 0.3) is 0 Å². The molecule has 4 aromatic rings. The third kappa shape index (κ3) is 2.68. The average Bonchev–Trinajstić information content (AvgIpc) is 3.41. The predicted octanol–water partition coefficient (Wildman–Crippen LogP) is 1.71. The van der Waals surface area contributed by atoms with Crippen LogP contribution >= 0.6 is 0 Å². The minimum Gasteiger partial charge on any atom is -0.466 e. The Morgan fingerprint density at radius 2 is 1.21 bits per heavy atom. The smallest absolute Gasteiger partial charge is 0.357 e. The van der Waals surface area contributed by atoms with Gasteiger partial charge >= 0.3 is 23.3 Å². The number of hydrogen-bond acceptors (Lipinski definition) is 7. The third-order valence-corrected chi connectivity index (χ3v) is 6.98. The van der Waals surface area contributed by atoms with Crippen LogP contribution in [-0.4, -0.2) is 45.9 Å². The molecule has 0 atom stereocenters. The summed E-state index contributed by atoms with van der Waals surface area (Å²) < 4.78 is 12.9. The van der Waals surface area contributed by atoms with Gasteiger partial charge in [0.05, 0.1) is 19.9 Å². The van der Waals surface area contributed by atoms with Gasteiger partial charge in [0.15, 0.2) is 17.0 Å². The molecule has 6 rings (SSSR count). The number of ether oxygens (including phenoxy) is 2. The molecule has 1 aromatic heterocycles. The molecule has 38 heavy (non-hydrogen) atoms. The monoisotopic (exact) mass is 509 g/mol. The molecule has 188 valence electrons. The summed E-state index contributed by atoms with van der Waals surface area (Å²) in [6.45, 7) is 0. The number of hydrogen-bond donors (Lipinski definition) is 0. The van der Waals surface area contributed by atoms with Gasteiger partial charge in [-0.1, -0.05) is 66.7 Å². The molecule has 0 N–H and O–H groups in total. The zero-order valence-electron chi connectivity index (χ0n) is 20.2. The van der Waals surface area contributed by atoms with E-state index in [1.54, 1.807) is 78.9 Å². The summed E-state index contributed by atoms with van der Waals surface area (Å²) in [5.74, 6) is -2.33. The molecule has 3 aromatic carbocycles. The van der Waals surface area contributed by atoms with Crippen LogP contribution in [0.1, 0.15) is 27.0 Å². The first-order valence-corrected chi connectivity index (χ1v) is 11.6. The van der Waals surface area contributed by atoms with Gasteiger partial charge in [0, 0.05) is 22.3 Å². The maximum absolute atomic E-state index is 14.3. The summed E-state index contributed by atoms with van der Waals surface area (Å²) in [6, 6.07) is 21.1. The maximum atomic E-state index is 14.3. The van der Waals surface area contributed by atoms with Crippen LogP contribution in [-0.2, 0) is 24.6 Å². The molecule has 0 bridgehead atoms. The van der Waals surface area contributed by atoms with Crippen LogP contribution in [0.2, 0.25) is 0 Å². The fourth-order valence-corrected chi connectivity index (χ4v) is 5.53. The van der Waals surface area contributed by atoms with Crippen molar-refractivity contribution in [1.82, 2.24) is 13.9 Å². The van der Waals surface area contributed by atoms with Crippen LogP contribution in [0.4, 0.5) is 0 Å².